The van der Waals surface area contributed by atoms with Crippen molar-refractivity contribution >= 4 is 17.3 Å². The number of carbonyl (C=O) groups excluding carboxylic acids is 1. The maximum Gasteiger partial charge on any atom is 0.342 e. The zero-order chi connectivity index (χ0) is 40.4. The number of allylic oxidation sites excluding steroid dienone is 4. The van der Waals surface area contributed by atoms with E-state index in [9.17, 15) is 9.90 Å². The number of ether oxygens (including phenoxy) is 2. The molecule has 3 aromatic carbocycles. The van der Waals surface area contributed by atoms with Crippen LogP contribution in [0.1, 0.15) is 133 Å². The first-order valence-corrected chi connectivity index (χ1v) is 21.8. The number of hydrogen-bond acceptors (Lipinski definition) is 6. The van der Waals surface area contributed by atoms with E-state index in [1.807, 2.05) is 24.3 Å². The van der Waals surface area contributed by atoms with Gasteiger partial charge >= 0.3 is 5.97 Å². The molecule has 57 heavy (non-hydrogen) atoms. The van der Waals surface area contributed by atoms with Crippen LogP contribution in [0.15, 0.2) is 109 Å². The highest BCUT2D eigenvalue weighted by molar-refractivity contribution is 5.90. The molecule has 4 aliphatic rings. The van der Waals surface area contributed by atoms with Crippen molar-refractivity contribution in [2.24, 2.45) is 46.3 Å². The van der Waals surface area contributed by atoms with Crippen LogP contribution < -0.4 is 16.2 Å². The molecule has 0 amide bonds. The van der Waals surface area contributed by atoms with Crippen LogP contribution in [0.4, 0.5) is 11.4 Å². The van der Waals surface area contributed by atoms with E-state index < -0.39 is 12.3 Å². The molecule has 10 atom stereocenters. The number of hydrogen-bond donors (Lipinski definition) is 3. The predicted octanol–water partition coefficient (Wildman–Crippen LogP) is 12.1. The molecule has 0 aromatic heterocycles. The molecule has 5 N–H and O–H groups in total. The number of benzene rings is 3. The molecule has 4 aliphatic carbocycles. The Hall–Kier alpha value is -4.29. The van der Waals surface area contributed by atoms with Gasteiger partial charge in [-0.1, -0.05) is 90.0 Å². The molecule has 7 rings (SSSR count). The summed E-state index contributed by atoms with van der Waals surface area (Å²) in [5.41, 5.74) is 16.8. The van der Waals surface area contributed by atoms with Gasteiger partial charge in [0.05, 0.1) is 11.8 Å². The lowest BCUT2D eigenvalue weighted by Crippen LogP contribution is -2.55. The highest BCUT2D eigenvalue weighted by atomic mass is 16.6. The Kier molecular flexibility index (Phi) is 12.1. The Labute approximate surface area is 341 Å². The Morgan fingerprint density at radius 1 is 0.877 bits per heavy atom. The standard InChI is InChI=1S/C51H66N2O4/c1-6-8-10-34(3)44-25-26-45-43-24-17-39-33-51(31-30-49(39,4)46(43)27-29-50(44,45)5,37(9-7-2)28-32-56-47(54)35-11-18-40(52)19-12-35)38-15-22-42(23-16-38)57-48(55)36-13-20-41(53)21-14-36/h7,9,11-16,18-23,28,32,34,39,43-46,48,55H,2,6,8,10,17,24-27,29-31,33,52-53H2,1,3-5H3/b32-28-,37-9+. The van der Waals surface area contributed by atoms with Crippen LogP contribution in [0, 0.1) is 46.3 Å². The van der Waals surface area contributed by atoms with Gasteiger partial charge in [0.1, 0.15) is 5.75 Å². The van der Waals surface area contributed by atoms with E-state index in [-0.39, 0.29) is 10.8 Å². The van der Waals surface area contributed by atoms with Gasteiger partial charge in [-0.2, -0.15) is 0 Å². The fourth-order valence-corrected chi connectivity index (χ4v) is 12.7. The third-order valence-electron chi connectivity index (χ3n) is 15.8. The molecular weight excluding hydrogens is 705 g/mol. The van der Waals surface area contributed by atoms with E-state index in [1.54, 1.807) is 54.8 Å². The van der Waals surface area contributed by atoms with Crippen molar-refractivity contribution in [3.63, 3.8) is 0 Å². The summed E-state index contributed by atoms with van der Waals surface area (Å²) in [5.74, 6) is 4.84. The SMILES string of the molecule is C=C/C=C(\C=C/OC(=O)c1ccc(N)cc1)C1(c2ccc(OC(O)c3ccc(N)cc3)cc2)CCC2(C)C(CCC3C2CCC2(C)C(C(C)CCCC)CCC32)C1. The molecular formula is C51H66N2O4. The second-order valence-electron chi connectivity index (χ2n) is 18.6. The lowest BCUT2D eigenvalue weighted by molar-refractivity contribution is -0.122. The number of anilines is 2. The molecule has 3 aromatic rings. The van der Waals surface area contributed by atoms with Gasteiger partial charge < -0.3 is 26.0 Å². The monoisotopic (exact) mass is 771 g/mol. The number of unbranched alkanes of at least 4 members (excludes halogenated alkanes) is 1. The maximum absolute atomic E-state index is 13.0. The van der Waals surface area contributed by atoms with E-state index in [0.717, 1.165) is 54.4 Å². The molecule has 0 saturated heterocycles. The number of esters is 1. The summed E-state index contributed by atoms with van der Waals surface area (Å²) >= 11 is 0. The van der Waals surface area contributed by atoms with Gasteiger partial charge in [-0.15, -0.1) is 0 Å². The van der Waals surface area contributed by atoms with Gasteiger partial charge in [-0.3, -0.25) is 0 Å². The zero-order valence-electron chi connectivity index (χ0n) is 34.8. The number of aliphatic hydroxyl groups is 1. The largest absolute Gasteiger partial charge is 0.461 e. The third-order valence-corrected chi connectivity index (χ3v) is 15.8. The van der Waals surface area contributed by atoms with Crippen molar-refractivity contribution in [1.29, 1.82) is 0 Å². The summed E-state index contributed by atoms with van der Waals surface area (Å²) in [6, 6.07) is 22.1. The highest BCUT2D eigenvalue weighted by Gasteiger charge is 2.62. The molecule has 6 nitrogen and oxygen atoms in total. The number of carbonyl (C=O) groups is 1. The average molecular weight is 771 g/mol. The number of nitrogens with two attached hydrogens (primary N) is 2. The average Bonchev–Trinajstić information content (AvgIpc) is 3.57. The molecule has 6 heteroatoms. The van der Waals surface area contributed by atoms with E-state index in [1.165, 1.54) is 63.4 Å². The number of nitrogen functional groups attached to an aromatic ring is 2. The van der Waals surface area contributed by atoms with E-state index in [2.05, 4.69) is 52.5 Å². The van der Waals surface area contributed by atoms with Crippen LogP contribution in [0.3, 0.4) is 0 Å². The normalized spacial score (nSPS) is 32.1. The first-order valence-electron chi connectivity index (χ1n) is 21.8. The summed E-state index contributed by atoms with van der Waals surface area (Å²) in [6.07, 6.45) is 21.6. The van der Waals surface area contributed by atoms with Crippen molar-refractivity contribution in [3.8, 4) is 5.75 Å². The molecule has 10 unspecified atom stereocenters. The molecule has 4 saturated carbocycles. The van der Waals surface area contributed by atoms with E-state index in [4.69, 9.17) is 20.9 Å². The quantitative estimate of drug-likeness (QED) is 0.0525. The lowest BCUT2D eigenvalue weighted by atomic mass is 9.42. The Bertz CT molecular complexity index is 1920. The minimum absolute atomic E-state index is 0.274. The maximum atomic E-state index is 13.0. The van der Waals surface area contributed by atoms with Crippen LogP contribution in [0.2, 0.25) is 0 Å². The van der Waals surface area contributed by atoms with Crippen LogP contribution in [-0.2, 0) is 10.2 Å². The van der Waals surface area contributed by atoms with Crippen molar-refractivity contribution in [2.45, 2.75) is 116 Å². The van der Waals surface area contributed by atoms with Gasteiger partial charge in [0.15, 0.2) is 0 Å². The topological polar surface area (TPSA) is 108 Å². The van der Waals surface area contributed by atoms with Crippen molar-refractivity contribution in [2.75, 3.05) is 11.5 Å². The summed E-state index contributed by atoms with van der Waals surface area (Å²) in [5, 5.41) is 10.9. The second kappa shape index (κ2) is 16.9. The Morgan fingerprint density at radius 2 is 1.56 bits per heavy atom. The fraction of sp³-hybridized carbons (Fsp3) is 0.510. The third kappa shape index (κ3) is 7.96. The van der Waals surface area contributed by atoms with Crippen LogP contribution in [0.5, 0.6) is 5.75 Å². The van der Waals surface area contributed by atoms with Crippen molar-refractivity contribution < 1.29 is 19.4 Å². The minimum Gasteiger partial charge on any atom is -0.461 e. The van der Waals surface area contributed by atoms with Crippen LogP contribution in [-0.4, -0.2) is 11.1 Å². The molecule has 0 radical (unpaired) electrons. The molecule has 0 bridgehead atoms. The lowest BCUT2D eigenvalue weighted by Gasteiger charge is -2.63. The number of aliphatic hydroxyl groups excluding tert-OH is 1. The minimum atomic E-state index is -1.11. The van der Waals surface area contributed by atoms with Gasteiger partial charge in [-0.05, 0) is 170 Å². The molecule has 4 fully saturated rings. The van der Waals surface area contributed by atoms with Crippen molar-refractivity contribution in [3.05, 3.63) is 126 Å². The summed E-state index contributed by atoms with van der Waals surface area (Å²) < 4.78 is 11.7. The Balaban J connectivity index is 1.16. The number of rotatable bonds is 13. The van der Waals surface area contributed by atoms with Gasteiger partial charge in [0.2, 0.25) is 6.29 Å². The second-order valence-corrected chi connectivity index (χ2v) is 18.6. The van der Waals surface area contributed by atoms with Crippen molar-refractivity contribution in [1.82, 2.24) is 0 Å². The number of fused-ring (bicyclic) bond motifs is 5. The first kappa shape index (κ1) is 40.9. The fourth-order valence-electron chi connectivity index (χ4n) is 12.7. The summed E-state index contributed by atoms with van der Waals surface area (Å²) in [7, 11) is 0. The van der Waals surface area contributed by atoms with Gasteiger partial charge in [0, 0.05) is 22.4 Å². The molecule has 0 heterocycles. The highest BCUT2D eigenvalue weighted by Crippen LogP contribution is 2.70. The molecule has 0 spiro atoms. The van der Waals surface area contributed by atoms with Gasteiger partial charge in [0.25, 0.3) is 0 Å². The van der Waals surface area contributed by atoms with E-state index in [0.29, 0.717) is 39.6 Å². The predicted molar refractivity (Wildman–Crippen MR) is 232 cm³/mol. The van der Waals surface area contributed by atoms with Gasteiger partial charge in [-0.25, -0.2) is 4.79 Å². The Morgan fingerprint density at radius 3 is 2.25 bits per heavy atom. The first-order chi connectivity index (χ1) is 27.4. The molecule has 304 valence electrons. The smallest absolute Gasteiger partial charge is 0.342 e. The van der Waals surface area contributed by atoms with Crippen LogP contribution >= 0.6 is 0 Å². The molecule has 0 aliphatic heterocycles. The summed E-state index contributed by atoms with van der Waals surface area (Å²) in [4.78, 5) is 13.0. The zero-order valence-corrected chi connectivity index (χ0v) is 34.8. The van der Waals surface area contributed by atoms with E-state index >= 15 is 0 Å². The summed E-state index contributed by atoms with van der Waals surface area (Å²) in [6.45, 7) is 14.4. The van der Waals surface area contributed by atoms with Crippen LogP contribution in [0.25, 0.3) is 0 Å².